The number of carbonyl (C=O) groups is 2. The highest BCUT2D eigenvalue weighted by molar-refractivity contribution is 5.95. The van der Waals surface area contributed by atoms with E-state index in [1.54, 1.807) is 36.7 Å². The summed E-state index contributed by atoms with van der Waals surface area (Å²) in [7, 11) is 1.53. The number of nitrogens with zero attached hydrogens (tertiary/aromatic N) is 2. The average molecular weight is 422 g/mol. The summed E-state index contributed by atoms with van der Waals surface area (Å²) in [6.07, 6.45) is 3.47. The lowest BCUT2D eigenvalue weighted by Gasteiger charge is -2.13. The molecule has 9 nitrogen and oxygen atoms in total. The van der Waals surface area contributed by atoms with Crippen LogP contribution in [-0.4, -0.2) is 53.3 Å². The molecular formula is C22H22N4O5. The van der Waals surface area contributed by atoms with Crippen molar-refractivity contribution in [3.05, 3.63) is 59.9 Å². The van der Waals surface area contributed by atoms with Gasteiger partial charge in [0.25, 0.3) is 11.8 Å². The SMILES string of the molecule is COc1ccc2cc1OCC(=O)NCc1cc(C(=O)NCCO)cc(c1)-n1ccnc1-2. The fourth-order valence-corrected chi connectivity index (χ4v) is 3.37. The summed E-state index contributed by atoms with van der Waals surface area (Å²) < 4.78 is 12.9. The van der Waals surface area contributed by atoms with Crippen LogP contribution in [0.15, 0.2) is 48.8 Å². The maximum Gasteiger partial charge on any atom is 0.258 e. The predicted molar refractivity (Wildman–Crippen MR) is 112 cm³/mol. The van der Waals surface area contributed by atoms with Crippen LogP contribution in [0, 0.1) is 0 Å². The van der Waals surface area contributed by atoms with E-state index in [0.29, 0.717) is 28.6 Å². The molecule has 3 aromatic rings. The van der Waals surface area contributed by atoms with E-state index in [1.807, 2.05) is 16.7 Å². The Morgan fingerprint density at radius 1 is 1.32 bits per heavy atom. The van der Waals surface area contributed by atoms with E-state index in [2.05, 4.69) is 15.6 Å². The van der Waals surface area contributed by atoms with Gasteiger partial charge in [0, 0.05) is 42.3 Å². The Morgan fingerprint density at radius 2 is 2.19 bits per heavy atom. The van der Waals surface area contributed by atoms with E-state index < -0.39 is 0 Å². The molecule has 31 heavy (non-hydrogen) atoms. The minimum absolute atomic E-state index is 0.150. The van der Waals surface area contributed by atoms with Crippen LogP contribution < -0.4 is 20.1 Å². The number of aliphatic hydroxyl groups excluding tert-OH is 1. The molecular weight excluding hydrogens is 400 g/mol. The molecule has 2 aromatic carbocycles. The van der Waals surface area contributed by atoms with Crippen LogP contribution in [0.5, 0.6) is 11.5 Å². The Labute approximate surface area is 178 Å². The second-order valence-corrected chi connectivity index (χ2v) is 6.92. The molecule has 0 spiro atoms. The molecule has 160 valence electrons. The van der Waals surface area contributed by atoms with Crippen molar-refractivity contribution >= 4 is 11.8 Å². The van der Waals surface area contributed by atoms with Gasteiger partial charge in [-0.3, -0.25) is 14.2 Å². The van der Waals surface area contributed by atoms with Crippen LogP contribution in [0.25, 0.3) is 17.1 Å². The van der Waals surface area contributed by atoms with E-state index >= 15 is 0 Å². The molecule has 0 saturated heterocycles. The van der Waals surface area contributed by atoms with Crippen LogP contribution in [0.3, 0.4) is 0 Å². The lowest BCUT2D eigenvalue weighted by Crippen LogP contribution is -2.29. The number of aromatic nitrogens is 2. The van der Waals surface area contributed by atoms with Gasteiger partial charge in [-0.15, -0.1) is 0 Å². The van der Waals surface area contributed by atoms with Crippen LogP contribution in [0.4, 0.5) is 0 Å². The van der Waals surface area contributed by atoms with Crippen LogP contribution in [-0.2, 0) is 11.3 Å². The Hall–Kier alpha value is -3.85. The lowest BCUT2D eigenvalue weighted by molar-refractivity contribution is -0.123. The third kappa shape index (κ3) is 4.36. The summed E-state index contributed by atoms with van der Waals surface area (Å²) in [5.74, 6) is 0.961. The molecule has 0 saturated carbocycles. The van der Waals surface area contributed by atoms with Gasteiger partial charge in [0.1, 0.15) is 5.82 Å². The molecule has 4 bridgehead atoms. The van der Waals surface area contributed by atoms with Crippen molar-refractivity contribution in [2.45, 2.75) is 6.54 Å². The van der Waals surface area contributed by atoms with Gasteiger partial charge < -0.3 is 25.2 Å². The normalized spacial score (nSPS) is 12.9. The molecule has 1 aliphatic rings. The van der Waals surface area contributed by atoms with Crippen molar-refractivity contribution in [3.63, 3.8) is 0 Å². The van der Waals surface area contributed by atoms with Crippen molar-refractivity contribution < 1.29 is 24.2 Å². The monoisotopic (exact) mass is 422 g/mol. The summed E-state index contributed by atoms with van der Waals surface area (Å²) in [6.45, 7) is 0.0318. The van der Waals surface area contributed by atoms with Gasteiger partial charge in [-0.1, -0.05) is 0 Å². The Bertz CT molecular complexity index is 1120. The van der Waals surface area contributed by atoms with E-state index in [9.17, 15) is 9.59 Å². The van der Waals surface area contributed by atoms with Crippen molar-refractivity contribution in [1.82, 2.24) is 20.2 Å². The zero-order valence-electron chi connectivity index (χ0n) is 16.9. The van der Waals surface area contributed by atoms with Crippen molar-refractivity contribution in [3.8, 4) is 28.6 Å². The van der Waals surface area contributed by atoms with Crippen LogP contribution in [0.1, 0.15) is 15.9 Å². The van der Waals surface area contributed by atoms with E-state index in [0.717, 1.165) is 11.1 Å². The van der Waals surface area contributed by atoms with Gasteiger partial charge in [-0.25, -0.2) is 4.98 Å². The minimum Gasteiger partial charge on any atom is -0.493 e. The number of hydrogen-bond acceptors (Lipinski definition) is 6. The molecule has 9 heteroatoms. The number of carbonyl (C=O) groups excluding carboxylic acids is 2. The number of amides is 2. The molecule has 4 rings (SSSR count). The molecule has 2 heterocycles. The molecule has 0 fully saturated rings. The first-order valence-corrected chi connectivity index (χ1v) is 9.73. The number of hydrogen-bond donors (Lipinski definition) is 3. The molecule has 0 aliphatic carbocycles. The Morgan fingerprint density at radius 3 is 3.00 bits per heavy atom. The number of aliphatic hydroxyl groups is 1. The van der Waals surface area contributed by atoms with Gasteiger partial charge in [0.2, 0.25) is 0 Å². The molecule has 0 radical (unpaired) electrons. The molecule has 0 atom stereocenters. The topological polar surface area (TPSA) is 115 Å². The number of ether oxygens (including phenoxy) is 2. The van der Waals surface area contributed by atoms with E-state index in [4.69, 9.17) is 14.6 Å². The number of methoxy groups -OCH3 is 1. The summed E-state index contributed by atoms with van der Waals surface area (Å²) in [5.41, 5.74) is 2.63. The second kappa shape index (κ2) is 8.88. The van der Waals surface area contributed by atoms with Crippen molar-refractivity contribution in [2.24, 2.45) is 0 Å². The van der Waals surface area contributed by atoms with E-state index in [1.165, 1.54) is 7.11 Å². The maximum atomic E-state index is 12.5. The quantitative estimate of drug-likeness (QED) is 0.584. The standard InChI is InChI=1S/C22H22N4O5/c1-30-18-3-2-15-11-19(18)31-13-20(28)25-12-14-8-16(22(29)24-5-7-27)10-17(9-14)26-6-4-23-21(15)26/h2-4,6,8-11,27H,5,7,12-13H2,1H3,(H,24,29)(H,25,28). The first-order valence-electron chi connectivity index (χ1n) is 9.73. The van der Waals surface area contributed by atoms with Gasteiger partial charge in [-0.05, 0) is 42.0 Å². The zero-order chi connectivity index (χ0) is 21.8. The zero-order valence-corrected chi connectivity index (χ0v) is 16.9. The van der Waals surface area contributed by atoms with Crippen molar-refractivity contribution in [1.29, 1.82) is 0 Å². The van der Waals surface area contributed by atoms with Gasteiger partial charge in [0.05, 0.1) is 13.7 Å². The first-order chi connectivity index (χ1) is 15.1. The maximum absolute atomic E-state index is 12.5. The number of benzene rings is 2. The minimum atomic E-state index is -0.315. The molecule has 0 unspecified atom stereocenters. The van der Waals surface area contributed by atoms with Gasteiger partial charge in [-0.2, -0.15) is 0 Å². The largest absolute Gasteiger partial charge is 0.493 e. The summed E-state index contributed by atoms with van der Waals surface area (Å²) >= 11 is 0. The molecule has 1 aliphatic heterocycles. The molecule has 3 N–H and O–H groups in total. The summed E-state index contributed by atoms with van der Waals surface area (Å²) in [5, 5.41) is 14.5. The fraction of sp³-hybridized carbons (Fsp3) is 0.227. The third-order valence-electron chi connectivity index (χ3n) is 4.83. The van der Waals surface area contributed by atoms with Gasteiger partial charge >= 0.3 is 0 Å². The van der Waals surface area contributed by atoms with Crippen molar-refractivity contribution in [2.75, 3.05) is 26.9 Å². The average Bonchev–Trinajstić information content (AvgIpc) is 3.29. The lowest BCUT2D eigenvalue weighted by atomic mass is 10.1. The summed E-state index contributed by atoms with van der Waals surface area (Å²) in [4.78, 5) is 29.3. The predicted octanol–water partition coefficient (Wildman–Crippen LogP) is 1.28. The number of rotatable bonds is 4. The number of fused-ring (bicyclic) bond motifs is 7. The van der Waals surface area contributed by atoms with Gasteiger partial charge in [0.15, 0.2) is 18.1 Å². The van der Waals surface area contributed by atoms with Crippen LogP contribution >= 0.6 is 0 Å². The fourth-order valence-electron chi connectivity index (χ4n) is 3.37. The highest BCUT2D eigenvalue weighted by atomic mass is 16.5. The summed E-state index contributed by atoms with van der Waals surface area (Å²) in [6, 6.07) is 10.7. The van der Waals surface area contributed by atoms with Crippen LogP contribution in [0.2, 0.25) is 0 Å². The molecule has 2 amide bonds. The third-order valence-corrected chi connectivity index (χ3v) is 4.83. The second-order valence-electron chi connectivity index (χ2n) is 6.92. The first kappa shape index (κ1) is 20.4. The number of imidazole rings is 1. The Balaban J connectivity index is 1.85. The smallest absolute Gasteiger partial charge is 0.258 e. The van der Waals surface area contributed by atoms with E-state index in [-0.39, 0.29) is 38.1 Å². The highest BCUT2D eigenvalue weighted by Gasteiger charge is 2.17. The Kier molecular flexibility index (Phi) is 5.85. The molecule has 1 aromatic heterocycles. The highest BCUT2D eigenvalue weighted by Crippen LogP contribution is 2.33. The number of nitrogens with one attached hydrogen (secondary N) is 2.